The van der Waals surface area contributed by atoms with E-state index in [-0.39, 0.29) is 5.56 Å². The summed E-state index contributed by atoms with van der Waals surface area (Å²) >= 11 is 1.65. The molecule has 0 amide bonds. The molecule has 1 heterocycles. The molecule has 1 aromatic carbocycles. The van der Waals surface area contributed by atoms with Gasteiger partial charge in [0, 0.05) is 23.1 Å². The molecule has 2 atom stereocenters. The number of benzene rings is 1. The summed E-state index contributed by atoms with van der Waals surface area (Å²) in [4.78, 5) is 18.9. The van der Waals surface area contributed by atoms with E-state index < -0.39 is 0 Å². The zero-order valence-corrected chi connectivity index (χ0v) is 13.0. The van der Waals surface area contributed by atoms with Crippen molar-refractivity contribution in [3.8, 4) is 0 Å². The molecule has 0 radical (unpaired) electrons. The smallest absolute Gasteiger partial charge is 0.251 e. The van der Waals surface area contributed by atoms with E-state index in [0.717, 1.165) is 18.7 Å². The average Bonchev–Trinajstić information content (AvgIpc) is 2.76. The lowest BCUT2D eigenvalue weighted by Crippen LogP contribution is -2.27. The SMILES string of the molecule is CCNC1c2ccccc2CC1Sc1nc(C)cc(=O)[nH]1. The van der Waals surface area contributed by atoms with E-state index in [2.05, 4.69) is 46.5 Å². The summed E-state index contributed by atoms with van der Waals surface area (Å²) in [5, 5.41) is 4.62. The molecule has 0 bridgehead atoms. The van der Waals surface area contributed by atoms with E-state index in [1.54, 1.807) is 11.8 Å². The van der Waals surface area contributed by atoms with Crippen LogP contribution in [0.5, 0.6) is 0 Å². The Kier molecular flexibility index (Phi) is 4.12. The van der Waals surface area contributed by atoms with Crippen molar-refractivity contribution in [3.05, 3.63) is 57.5 Å². The molecule has 3 rings (SSSR count). The number of aromatic nitrogens is 2. The highest BCUT2D eigenvalue weighted by molar-refractivity contribution is 7.99. The molecule has 1 aromatic heterocycles. The second-order valence-corrected chi connectivity index (χ2v) is 6.51. The number of rotatable bonds is 4. The van der Waals surface area contributed by atoms with Crippen LogP contribution in [-0.2, 0) is 6.42 Å². The Labute approximate surface area is 128 Å². The van der Waals surface area contributed by atoms with Crippen LogP contribution in [0, 0.1) is 6.92 Å². The lowest BCUT2D eigenvalue weighted by Gasteiger charge is -2.20. The van der Waals surface area contributed by atoms with Gasteiger partial charge in [0.05, 0.1) is 0 Å². The van der Waals surface area contributed by atoms with Crippen LogP contribution in [-0.4, -0.2) is 21.8 Å². The number of thioether (sulfide) groups is 1. The lowest BCUT2D eigenvalue weighted by molar-refractivity contribution is 0.559. The topological polar surface area (TPSA) is 57.8 Å². The van der Waals surface area contributed by atoms with Gasteiger partial charge < -0.3 is 10.3 Å². The van der Waals surface area contributed by atoms with Gasteiger partial charge in [-0.1, -0.05) is 43.0 Å². The van der Waals surface area contributed by atoms with Crippen molar-refractivity contribution in [3.63, 3.8) is 0 Å². The molecule has 2 aromatic rings. The van der Waals surface area contributed by atoms with E-state index >= 15 is 0 Å². The maximum atomic E-state index is 11.6. The van der Waals surface area contributed by atoms with E-state index in [0.29, 0.717) is 16.4 Å². The Hall–Kier alpha value is -1.59. The number of hydrogen-bond donors (Lipinski definition) is 2. The summed E-state index contributed by atoms with van der Waals surface area (Å²) in [6.07, 6.45) is 0.996. The first kappa shape index (κ1) is 14.4. The Balaban J connectivity index is 1.87. The van der Waals surface area contributed by atoms with Gasteiger partial charge in [0.25, 0.3) is 5.56 Å². The van der Waals surface area contributed by atoms with Gasteiger partial charge in [0.1, 0.15) is 0 Å². The molecule has 1 aliphatic rings. The fourth-order valence-corrected chi connectivity index (χ4v) is 4.16. The van der Waals surface area contributed by atoms with Gasteiger partial charge in [-0.25, -0.2) is 4.98 Å². The van der Waals surface area contributed by atoms with Crippen molar-refractivity contribution >= 4 is 11.8 Å². The van der Waals surface area contributed by atoms with Gasteiger partial charge in [-0.3, -0.25) is 4.79 Å². The molecule has 2 unspecified atom stereocenters. The molecule has 0 fully saturated rings. The van der Waals surface area contributed by atoms with Crippen LogP contribution in [0.4, 0.5) is 0 Å². The van der Waals surface area contributed by atoms with Gasteiger partial charge in [0.2, 0.25) is 0 Å². The van der Waals surface area contributed by atoms with Gasteiger partial charge >= 0.3 is 0 Å². The van der Waals surface area contributed by atoms with Crippen LogP contribution >= 0.6 is 11.8 Å². The molecule has 1 aliphatic carbocycles. The summed E-state index contributed by atoms with van der Waals surface area (Å²) in [5.41, 5.74) is 3.43. The first-order valence-corrected chi connectivity index (χ1v) is 8.11. The molecular weight excluding hydrogens is 282 g/mol. The predicted octanol–water partition coefficient (Wildman–Crippen LogP) is 2.45. The minimum absolute atomic E-state index is 0.0829. The number of aryl methyl sites for hydroxylation is 1. The standard InChI is InChI=1S/C16H19N3OS/c1-3-17-15-12-7-5-4-6-11(12)9-13(15)21-16-18-10(2)8-14(20)19-16/h4-8,13,15,17H,3,9H2,1-2H3,(H,18,19,20). The second kappa shape index (κ2) is 6.03. The molecule has 0 spiro atoms. The van der Waals surface area contributed by atoms with E-state index in [1.807, 2.05) is 6.92 Å². The third kappa shape index (κ3) is 3.04. The summed E-state index contributed by atoms with van der Waals surface area (Å²) < 4.78 is 0. The molecule has 110 valence electrons. The van der Waals surface area contributed by atoms with Gasteiger partial charge in [-0.2, -0.15) is 0 Å². The van der Waals surface area contributed by atoms with Crippen LogP contribution in [0.1, 0.15) is 29.8 Å². The molecule has 2 N–H and O–H groups in total. The van der Waals surface area contributed by atoms with Crippen molar-refractivity contribution in [2.24, 2.45) is 0 Å². The van der Waals surface area contributed by atoms with E-state index in [4.69, 9.17) is 0 Å². The minimum Gasteiger partial charge on any atom is -0.309 e. The third-order valence-corrected chi connectivity index (χ3v) is 4.88. The first-order valence-electron chi connectivity index (χ1n) is 7.23. The number of H-pyrrole nitrogens is 1. The summed E-state index contributed by atoms with van der Waals surface area (Å²) in [6, 6.07) is 10.4. The Morgan fingerprint density at radius 2 is 2.24 bits per heavy atom. The maximum Gasteiger partial charge on any atom is 0.251 e. The zero-order chi connectivity index (χ0) is 14.8. The van der Waals surface area contributed by atoms with Crippen LogP contribution in [0.15, 0.2) is 40.3 Å². The largest absolute Gasteiger partial charge is 0.309 e. The van der Waals surface area contributed by atoms with Crippen molar-refractivity contribution < 1.29 is 0 Å². The van der Waals surface area contributed by atoms with E-state index in [1.165, 1.54) is 17.2 Å². The zero-order valence-electron chi connectivity index (χ0n) is 12.2. The number of nitrogens with one attached hydrogen (secondary N) is 2. The molecule has 0 aliphatic heterocycles. The van der Waals surface area contributed by atoms with Gasteiger partial charge in [0.15, 0.2) is 5.16 Å². The molecule has 5 heteroatoms. The highest BCUT2D eigenvalue weighted by Gasteiger charge is 2.32. The monoisotopic (exact) mass is 301 g/mol. The van der Waals surface area contributed by atoms with Crippen LogP contribution < -0.4 is 10.9 Å². The van der Waals surface area contributed by atoms with Crippen molar-refractivity contribution in [1.29, 1.82) is 0 Å². The third-order valence-electron chi connectivity index (χ3n) is 3.72. The van der Waals surface area contributed by atoms with E-state index in [9.17, 15) is 4.79 Å². The average molecular weight is 301 g/mol. The maximum absolute atomic E-state index is 11.6. The number of fused-ring (bicyclic) bond motifs is 1. The fraction of sp³-hybridized carbons (Fsp3) is 0.375. The number of aromatic amines is 1. The molecule has 0 saturated carbocycles. The number of nitrogens with zero attached hydrogens (tertiary/aromatic N) is 1. The van der Waals surface area contributed by atoms with Crippen molar-refractivity contribution in [2.45, 2.75) is 36.7 Å². The molecular formula is C16H19N3OS. The molecule has 21 heavy (non-hydrogen) atoms. The minimum atomic E-state index is -0.0829. The first-order chi connectivity index (χ1) is 10.2. The highest BCUT2D eigenvalue weighted by Crippen LogP contribution is 2.40. The Morgan fingerprint density at radius 3 is 3.00 bits per heavy atom. The van der Waals surface area contributed by atoms with Crippen LogP contribution in [0.2, 0.25) is 0 Å². The van der Waals surface area contributed by atoms with Crippen LogP contribution in [0.25, 0.3) is 0 Å². The summed E-state index contributed by atoms with van der Waals surface area (Å²) in [6.45, 7) is 4.90. The van der Waals surface area contributed by atoms with Gasteiger partial charge in [-0.05, 0) is 31.0 Å². The second-order valence-electron chi connectivity index (χ2n) is 5.29. The quantitative estimate of drug-likeness (QED) is 0.852. The lowest BCUT2D eigenvalue weighted by atomic mass is 10.1. The Morgan fingerprint density at radius 1 is 1.43 bits per heavy atom. The molecule has 0 saturated heterocycles. The van der Waals surface area contributed by atoms with Gasteiger partial charge in [-0.15, -0.1) is 0 Å². The fourth-order valence-electron chi connectivity index (χ4n) is 2.88. The van der Waals surface area contributed by atoms with Crippen LogP contribution in [0.3, 0.4) is 0 Å². The Bertz CT molecular complexity index is 698. The number of hydrogen-bond acceptors (Lipinski definition) is 4. The van der Waals surface area contributed by atoms with Crippen molar-refractivity contribution in [2.75, 3.05) is 6.54 Å². The normalized spacial score (nSPS) is 20.5. The summed E-state index contributed by atoms with van der Waals surface area (Å²) in [5.74, 6) is 0. The predicted molar refractivity (Wildman–Crippen MR) is 85.8 cm³/mol. The molecule has 4 nitrogen and oxygen atoms in total. The van der Waals surface area contributed by atoms with Crippen molar-refractivity contribution in [1.82, 2.24) is 15.3 Å². The summed E-state index contributed by atoms with van der Waals surface area (Å²) in [7, 11) is 0. The highest BCUT2D eigenvalue weighted by atomic mass is 32.2.